The van der Waals surface area contributed by atoms with Crippen LogP contribution < -0.4 is 15.2 Å². The van der Waals surface area contributed by atoms with E-state index in [0.29, 0.717) is 33.3 Å². The predicted molar refractivity (Wildman–Crippen MR) is 131 cm³/mol. The molecule has 0 saturated carbocycles. The largest absolute Gasteiger partial charge is 0.493 e. The SMILES string of the molecule is COc1cc(C=NN=C(N)SCc2ccccc2)ccc1OCc1ccc(Cl)c(Cl)c1. The van der Waals surface area contributed by atoms with Gasteiger partial charge in [0, 0.05) is 5.75 Å². The Balaban J connectivity index is 1.58. The number of thioether (sulfide) groups is 1. The normalized spacial score (nSPS) is 11.6. The maximum absolute atomic E-state index is 6.05. The third kappa shape index (κ3) is 7.21. The maximum Gasteiger partial charge on any atom is 0.180 e. The molecule has 0 radical (unpaired) electrons. The summed E-state index contributed by atoms with van der Waals surface area (Å²) in [5, 5.41) is 9.49. The smallest absolute Gasteiger partial charge is 0.180 e. The standard InChI is InChI=1S/C23H21Cl2N3O2S/c1-29-22-12-17(13-27-28-23(26)31-15-16-5-3-2-4-6-16)8-10-21(22)30-14-18-7-9-19(24)20(25)11-18/h2-13H,14-15H2,1H3,(H2,26,28). The van der Waals surface area contributed by atoms with E-state index in [1.54, 1.807) is 25.5 Å². The molecule has 3 aromatic rings. The fourth-order valence-corrected chi connectivity index (χ4v) is 3.52. The van der Waals surface area contributed by atoms with Crippen LogP contribution in [0.4, 0.5) is 0 Å². The molecule has 0 aliphatic heterocycles. The molecule has 0 aliphatic carbocycles. The van der Waals surface area contributed by atoms with Gasteiger partial charge >= 0.3 is 0 Å². The highest BCUT2D eigenvalue weighted by molar-refractivity contribution is 8.13. The number of rotatable bonds is 8. The molecule has 2 N–H and O–H groups in total. The molecule has 31 heavy (non-hydrogen) atoms. The van der Waals surface area contributed by atoms with E-state index in [2.05, 4.69) is 10.2 Å². The van der Waals surface area contributed by atoms with Gasteiger partial charge in [0.25, 0.3) is 0 Å². The lowest BCUT2D eigenvalue weighted by Crippen LogP contribution is -2.06. The molecule has 3 rings (SSSR count). The molecule has 0 heterocycles. The van der Waals surface area contributed by atoms with E-state index in [0.717, 1.165) is 16.9 Å². The van der Waals surface area contributed by atoms with Crippen LogP contribution in [0.3, 0.4) is 0 Å². The summed E-state index contributed by atoms with van der Waals surface area (Å²) in [6, 6.07) is 20.9. The van der Waals surface area contributed by atoms with Crippen molar-refractivity contribution in [2.45, 2.75) is 12.4 Å². The molecule has 0 aromatic heterocycles. The molecular weight excluding hydrogens is 453 g/mol. The molecule has 160 valence electrons. The minimum atomic E-state index is 0.333. The first kappa shape index (κ1) is 23.0. The zero-order valence-electron chi connectivity index (χ0n) is 16.8. The van der Waals surface area contributed by atoms with Crippen LogP contribution >= 0.6 is 35.0 Å². The highest BCUT2D eigenvalue weighted by Crippen LogP contribution is 2.29. The van der Waals surface area contributed by atoms with Crippen LogP contribution in [0.2, 0.25) is 10.0 Å². The van der Waals surface area contributed by atoms with Crippen molar-refractivity contribution in [1.82, 2.24) is 0 Å². The summed E-state index contributed by atoms with van der Waals surface area (Å²) in [7, 11) is 1.58. The number of hydrogen-bond donors (Lipinski definition) is 1. The minimum absolute atomic E-state index is 0.333. The Bertz CT molecular complexity index is 1080. The van der Waals surface area contributed by atoms with E-state index in [9.17, 15) is 0 Å². The minimum Gasteiger partial charge on any atom is -0.493 e. The average Bonchev–Trinajstić information content (AvgIpc) is 2.79. The monoisotopic (exact) mass is 473 g/mol. The Morgan fingerprint density at radius 2 is 1.77 bits per heavy atom. The second-order valence-corrected chi connectivity index (χ2v) is 8.21. The highest BCUT2D eigenvalue weighted by atomic mass is 35.5. The molecule has 0 atom stereocenters. The van der Waals surface area contributed by atoms with Gasteiger partial charge in [-0.05, 0) is 47.0 Å². The summed E-state index contributed by atoms with van der Waals surface area (Å²) in [4.78, 5) is 0. The number of amidine groups is 1. The van der Waals surface area contributed by atoms with Crippen LogP contribution in [0.25, 0.3) is 0 Å². The van der Waals surface area contributed by atoms with Crippen LogP contribution in [0.5, 0.6) is 11.5 Å². The molecule has 5 nitrogen and oxygen atoms in total. The summed E-state index contributed by atoms with van der Waals surface area (Å²) in [5.74, 6) is 1.93. The van der Waals surface area contributed by atoms with Gasteiger partial charge in [-0.2, -0.15) is 5.10 Å². The summed E-state index contributed by atoms with van der Waals surface area (Å²) in [6.45, 7) is 0.333. The summed E-state index contributed by atoms with van der Waals surface area (Å²) >= 11 is 13.4. The van der Waals surface area contributed by atoms with E-state index in [-0.39, 0.29) is 0 Å². The van der Waals surface area contributed by atoms with Gasteiger partial charge in [0.1, 0.15) is 6.61 Å². The van der Waals surface area contributed by atoms with Gasteiger partial charge in [0.15, 0.2) is 16.7 Å². The quantitative estimate of drug-likeness (QED) is 0.241. The van der Waals surface area contributed by atoms with E-state index < -0.39 is 0 Å². The van der Waals surface area contributed by atoms with Crippen LogP contribution in [0.1, 0.15) is 16.7 Å². The first-order valence-electron chi connectivity index (χ1n) is 9.33. The van der Waals surface area contributed by atoms with Crippen molar-refractivity contribution in [1.29, 1.82) is 0 Å². The number of methoxy groups -OCH3 is 1. The summed E-state index contributed by atoms with van der Waals surface area (Å²) in [6.07, 6.45) is 1.61. The van der Waals surface area contributed by atoms with Gasteiger partial charge in [-0.25, -0.2) is 0 Å². The van der Waals surface area contributed by atoms with Crippen molar-refractivity contribution >= 4 is 46.3 Å². The number of nitrogens with two attached hydrogens (primary N) is 1. The number of nitrogens with zero attached hydrogens (tertiary/aromatic N) is 2. The van der Waals surface area contributed by atoms with E-state index in [1.165, 1.54) is 17.3 Å². The van der Waals surface area contributed by atoms with Crippen molar-refractivity contribution in [2.24, 2.45) is 15.9 Å². The van der Waals surface area contributed by atoms with Gasteiger partial charge in [0.2, 0.25) is 0 Å². The Kier molecular flexibility index (Phi) is 8.64. The molecule has 0 bridgehead atoms. The van der Waals surface area contributed by atoms with E-state index >= 15 is 0 Å². The van der Waals surface area contributed by atoms with Crippen molar-refractivity contribution in [3.8, 4) is 11.5 Å². The van der Waals surface area contributed by atoms with Crippen LogP contribution in [-0.2, 0) is 12.4 Å². The maximum atomic E-state index is 6.05. The van der Waals surface area contributed by atoms with Crippen molar-refractivity contribution in [3.05, 3.63) is 93.5 Å². The van der Waals surface area contributed by atoms with Crippen molar-refractivity contribution < 1.29 is 9.47 Å². The number of halogens is 2. The predicted octanol–water partition coefficient (Wildman–Crippen LogP) is 6.16. The lowest BCUT2D eigenvalue weighted by molar-refractivity contribution is 0.284. The lowest BCUT2D eigenvalue weighted by Gasteiger charge is -2.11. The zero-order chi connectivity index (χ0) is 22.1. The second-order valence-electron chi connectivity index (χ2n) is 6.40. The van der Waals surface area contributed by atoms with Crippen LogP contribution in [0, 0.1) is 0 Å². The van der Waals surface area contributed by atoms with Gasteiger partial charge in [0.05, 0.1) is 23.4 Å². The Hall–Kier alpha value is -2.67. The first-order valence-corrected chi connectivity index (χ1v) is 11.1. The number of benzene rings is 3. The van der Waals surface area contributed by atoms with Gasteiger partial charge in [-0.1, -0.05) is 71.4 Å². The fraction of sp³-hybridized carbons (Fsp3) is 0.130. The van der Waals surface area contributed by atoms with Gasteiger partial charge in [-0.3, -0.25) is 0 Å². The molecule has 0 fully saturated rings. The fourth-order valence-electron chi connectivity index (χ4n) is 2.59. The molecule has 0 saturated heterocycles. The molecule has 0 aliphatic rings. The highest BCUT2D eigenvalue weighted by Gasteiger charge is 2.07. The van der Waals surface area contributed by atoms with Gasteiger partial charge in [-0.15, -0.1) is 5.10 Å². The van der Waals surface area contributed by atoms with E-state index in [4.69, 9.17) is 38.4 Å². The average molecular weight is 474 g/mol. The Morgan fingerprint density at radius 3 is 2.52 bits per heavy atom. The molecule has 0 amide bonds. The lowest BCUT2D eigenvalue weighted by atomic mass is 10.2. The molecule has 0 unspecified atom stereocenters. The topological polar surface area (TPSA) is 69.2 Å². The van der Waals surface area contributed by atoms with Crippen molar-refractivity contribution in [2.75, 3.05) is 7.11 Å². The van der Waals surface area contributed by atoms with Gasteiger partial charge < -0.3 is 15.2 Å². The second kappa shape index (κ2) is 11.6. The zero-order valence-corrected chi connectivity index (χ0v) is 19.1. The van der Waals surface area contributed by atoms with Crippen LogP contribution in [-0.4, -0.2) is 18.5 Å². The molecule has 0 spiro atoms. The van der Waals surface area contributed by atoms with Crippen LogP contribution in [0.15, 0.2) is 76.9 Å². The summed E-state index contributed by atoms with van der Waals surface area (Å²) < 4.78 is 11.3. The molecular formula is C23H21Cl2N3O2S. The van der Waals surface area contributed by atoms with Crippen molar-refractivity contribution in [3.63, 3.8) is 0 Å². The number of hydrogen-bond acceptors (Lipinski definition) is 5. The van der Waals surface area contributed by atoms with E-state index in [1.807, 2.05) is 54.6 Å². The Labute approximate surface area is 195 Å². The first-order chi connectivity index (χ1) is 15.0. The summed E-state index contributed by atoms with van der Waals surface area (Å²) in [5.41, 5.74) is 8.81. The molecule has 3 aromatic carbocycles. The Morgan fingerprint density at radius 1 is 0.968 bits per heavy atom. The third-order valence-electron chi connectivity index (χ3n) is 4.16. The number of ether oxygens (including phenoxy) is 2. The molecule has 8 heteroatoms. The third-order valence-corrected chi connectivity index (χ3v) is 5.75.